The summed E-state index contributed by atoms with van der Waals surface area (Å²) in [6.45, 7) is 10.6. The van der Waals surface area contributed by atoms with Crippen molar-refractivity contribution in [1.29, 1.82) is 0 Å². The summed E-state index contributed by atoms with van der Waals surface area (Å²) in [7, 11) is 0. The van der Waals surface area contributed by atoms with Crippen molar-refractivity contribution in [1.82, 2.24) is 9.78 Å². The Morgan fingerprint density at radius 1 is 1.19 bits per heavy atom. The molecule has 2 unspecified atom stereocenters. The highest BCUT2D eigenvalue weighted by Gasteiger charge is 2.22. The summed E-state index contributed by atoms with van der Waals surface area (Å²) in [4.78, 5) is 0. The quantitative estimate of drug-likeness (QED) is 0.829. The topological polar surface area (TPSA) is 38.0 Å². The number of rotatable bonds is 5. The van der Waals surface area contributed by atoms with Crippen molar-refractivity contribution in [2.45, 2.75) is 65.8 Å². The number of aryl methyl sites for hydroxylation is 1. The molecule has 0 radical (unpaired) electrons. The third-order valence-electron chi connectivity index (χ3n) is 3.41. The van der Waals surface area contributed by atoms with Crippen molar-refractivity contribution in [3.05, 3.63) is 11.4 Å². The van der Waals surface area contributed by atoms with Gasteiger partial charge < -0.3 is 5.11 Å². The normalized spacial score (nSPS) is 15.1. The van der Waals surface area contributed by atoms with E-state index < -0.39 is 0 Å². The van der Waals surface area contributed by atoms with Crippen LogP contribution in [0.4, 0.5) is 0 Å². The fraction of sp³-hybridized carbons (Fsp3) is 0.769. The second-order valence-corrected chi connectivity index (χ2v) is 4.55. The lowest BCUT2D eigenvalue weighted by Gasteiger charge is -2.17. The van der Waals surface area contributed by atoms with Crippen molar-refractivity contribution in [2.24, 2.45) is 0 Å². The molecule has 0 fully saturated rings. The van der Waals surface area contributed by atoms with Crippen LogP contribution in [0.2, 0.25) is 0 Å². The van der Waals surface area contributed by atoms with Crippen molar-refractivity contribution in [2.75, 3.05) is 0 Å². The largest absolute Gasteiger partial charge is 0.504 e. The summed E-state index contributed by atoms with van der Waals surface area (Å²) in [5, 5.41) is 14.7. The molecule has 1 heterocycles. The molecule has 1 aromatic heterocycles. The van der Waals surface area contributed by atoms with Crippen LogP contribution < -0.4 is 0 Å². The highest BCUT2D eigenvalue weighted by molar-refractivity contribution is 5.35. The molecule has 1 aromatic rings. The maximum Gasteiger partial charge on any atom is 0.160 e. The Hall–Kier alpha value is -0.990. The Labute approximate surface area is 98.5 Å². The van der Waals surface area contributed by atoms with Crippen molar-refractivity contribution >= 4 is 0 Å². The Balaban J connectivity index is 3.24. The van der Waals surface area contributed by atoms with Crippen LogP contribution in [-0.2, 0) is 6.42 Å². The van der Waals surface area contributed by atoms with Crippen molar-refractivity contribution in [3.8, 4) is 5.75 Å². The SMILES string of the molecule is CCc1nn(C(C)CC)c(C(C)CC)c1O. The molecule has 0 saturated heterocycles. The van der Waals surface area contributed by atoms with E-state index in [1.165, 1.54) is 0 Å². The molecular formula is C13H24N2O. The van der Waals surface area contributed by atoms with Gasteiger partial charge in [0.15, 0.2) is 5.75 Å². The second kappa shape index (κ2) is 5.37. The van der Waals surface area contributed by atoms with Gasteiger partial charge >= 0.3 is 0 Å². The van der Waals surface area contributed by atoms with Gasteiger partial charge in [0, 0.05) is 12.0 Å². The zero-order valence-corrected chi connectivity index (χ0v) is 11.1. The average Bonchev–Trinajstić information content (AvgIpc) is 2.64. The minimum Gasteiger partial charge on any atom is -0.504 e. The molecule has 0 aliphatic heterocycles. The van der Waals surface area contributed by atoms with Crippen LogP contribution >= 0.6 is 0 Å². The summed E-state index contributed by atoms with van der Waals surface area (Å²) >= 11 is 0. The van der Waals surface area contributed by atoms with Gasteiger partial charge in [-0.3, -0.25) is 4.68 Å². The minimum absolute atomic E-state index is 0.357. The molecule has 3 heteroatoms. The molecule has 1 N–H and O–H groups in total. The Morgan fingerprint density at radius 2 is 1.81 bits per heavy atom. The van der Waals surface area contributed by atoms with Crippen LogP contribution in [0.3, 0.4) is 0 Å². The smallest absolute Gasteiger partial charge is 0.160 e. The molecule has 0 aliphatic rings. The van der Waals surface area contributed by atoms with Gasteiger partial charge in [0.05, 0.1) is 5.69 Å². The van der Waals surface area contributed by atoms with Gasteiger partial charge in [0.25, 0.3) is 0 Å². The zero-order valence-electron chi connectivity index (χ0n) is 11.1. The summed E-state index contributed by atoms with van der Waals surface area (Å²) in [6.07, 6.45) is 2.85. The maximum atomic E-state index is 10.2. The van der Waals surface area contributed by atoms with E-state index in [2.05, 4.69) is 32.8 Å². The number of aromatic nitrogens is 2. The molecule has 2 atom stereocenters. The number of hydrogen-bond donors (Lipinski definition) is 1. The summed E-state index contributed by atoms with van der Waals surface area (Å²) in [5.41, 5.74) is 1.84. The van der Waals surface area contributed by atoms with E-state index in [0.717, 1.165) is 30.7 Å². The van der Waals surface area contributed by atoms with Gasteiger partial charge in [-0.25, -0.2) is 0 Å². The van der Waals surface area contributed by atoms with Crippen molar-refractivity contribution in [3.63, 3.8) is 0 Å². The van der Waals surface area contributed by atoms with Crippen LogP contribution in [-0.4, -0.2) is 14.9 Å². The fourth-order valence-electron chi connectivity index (χ4n) is 1.89. The molecule has 0 aliphatic carbocycles. The zero-order chi connectivity index (χ0) is 12.3. The highest BCUT2D eigenvalue weighted by Crippen LogP contribution is 2.33. The van der Waals surface area contributed by atoms with E-state index in [-0.39, 0.29) is 0 Å². The molecule has 92 valence electrons. The van der Waals surface area contributed by atoms with Crippen LogP contribution in [0, 0.1) is 0 Å². The predicted molar refractivity (Wildman–Crippen MR) is 67.0 cm³/mol. The van der Waals surface area contributed by atoms with E-state index in [4.69, 9.17) is 0 Å². The van der Waals surface area contributed by atoms with E-state index in [0.29, 0.717) is 17.7 Å². The lowest BCUT2D eigenvalue weighted by atomic mass is 10.0. The Bertz CT molecular complexity index is 344. The molecular weight excluding hydrogens is 200 g/mol. The minimum atomic E-state index is 0.357. The molecule has 0 spiro atoms. The molecule has 16 heavy (non-hydrogen) atoms. The van der Waals surface area contributed by atoms with Gasteiger partial charge in [-0.1, -0.05) is 27.7 Å². The first kappa shape index (κ1) is 13.1. The van der Waals surface area contributed by atoms with Crippen LogP contribution in [0.5, 0.6) is 5.75 Å². The van der Waals surface area contributed by atoms with Gasteiger partial charge in [0.2, 0.25) is 0 Å². The second-order valence-electron chi connectivity index (χ2n) is 4.55. The molecule has 0 saturated carbocycles. The first-order valence-electron chi connectivity index (χ1n) is 6.36. The fourth-order valence-corrected chi connectivity index (χ4v) is 1.89. The van der Waals surface area contributed by atoms with E-state index in [1.807, 2.05) is 11.6 Å². The maximum absolute atomic E-state index is 10.2. The summed E-state index contributed by atoms with van der Waals surface area (Å²) in [5.74, 6) is 0.777. The molecule has 0 bridgehead atoms. The highest BCUT2D eigenvalue weighted by atomic mass is 16.3. The molecule has 0 amide bonds. The van der Waals surface area contributed by atoms with Crippen LogP contribution in [0.25, 0.3) is 0 Å². The Morgan fingerprint density at radius 3 is 2.25 bits per heavy atom. The predicted octanol–water partition coefficient (Wildman–Crippen LogP) is 3.64. The summed E-state index contributed by atoms with van der Waals surface area (Å²) < 4.78 is 2.02. The third-order valence-corrected chi connectivity index (χ3v) is 3.41. The van der Waals surface area contributed by atoms with Gasteiger partial charge in [0.1, 0.15) is 5.69 Å². The first-order chi connectivity index (χ1) is 7.56. The number of aromatic hydroxyl groups is 1. The molecule has 0 aromatic carbocycles. The van der Waals surface area contributed by atoms with Crippen LogP contribution in [0.1, 0.15) is 70.8 Å². The monoisotopic (exact) mass is 224 g/mol. The standard InChI is InChI=1S/C13H24N2O/c1-6-9(4)12-13(16)11(8-3)14-15(12)10(5)7-2/h9-10,16H,6-8H2,1-5H3. The number of hydrogen-bond acceptors (Lipinski definition) is 2. The van der Waals surface area contributed by atoms with Crippen LogP contribution in [0.15, 0.2) is 0 Å². The van der Waals surface area contributed by atoms with Gasteiger partial charge in [-0.05, 0) is 26.2 Å². The third kappa shape index (κ3) is 2.23. The van der Waals surface area contributed by atoms with E-state index >= 15 is 0 Å². The molecule has 3 nitrogen and oxygen atoms in total. The first-order valence-corrected chi connectivity index (χ1v) is 6.36. The number of nitrogens with zero attached hydrogens (tertiary/aromatic N) is 2. The lowest BCUT2D eigenvalue weighted by Crippen LogP contribution is -2.11. The van der Waals surface area contributed by atoms with Gasteiger partial charge in [-0.2, -0.15) is 5.10 Å². The summed E-state index contributed by atoms with van der Waals surface area (Å²) in [6, 6.07) is 0.357. The van der Waals surface area contributed by atoms with Crippen molar-refractivity contribution < 1.29 is 5.11 Å². The van der Waals surface area contributed by atoms with Gasteiger partial charge in [-0.15, -0.1) is 0 Å². The van der Waals surface area contributed by atoms with E-state index in [9.17, 15) is 5.11 Å². The Kier molecular flexibility index (Phi) is 4.39. The molecule has 1 rings (SSSR count). The average molecular weight is 224 g/mol. The lowest BCUT2D eigenvalue weighted by molar-refractivity contribution is 0.421. The van der Waals surface area contributed by atoms with E-state index in [1.54, 1.807) is 0 Å².